The van der Waals surface area contributed by atoms with Gasteiger partial charge in [-0.3, -0.25) is 0 Å². The molecule has 1 aromatic heterocycles. The second kappa shape index (κ2) is 6.26. The Kier molecular flexibility index (Phi) is 4.35. The van der Waals surface area contributed by atoms with Gasteiger partial charge in [0.05, 0.1) is 6.10 Å². The summed E-state index contributed by atoms with van der Waals surface area (Å²) in [5.41, 5.74) is 0.0465. The second-order valence-electron chi connectivity index (χ2n) is 5.54. The highest BCUT2D eigenvalue weighted by Crippen LogP contribution is 2.34. The van der Waals surface area contributed by atoms with Crippen molar-refractivity contribution in [3.63, 3.8) is 0 Å². The lowest BCUT2D eigenvalue weighted by Crippen LogP contribution is -2.35. The van der Waals surface area contributed by atoms with E-state index in [1.54, 1.807) is 0 Å². The molecule has 22 heavy (non-hydrogen) atoms. The number of hydrogen-bond acceptors (Lipinski definition) is 5. The highest BCUT2D eigenvalue weighted by molar-refractivity contribution is 7.15. The van der Waals surface area contributed by atoms with Crippen molar-refractivity contribution in [2.75, 3.05) is 18.0 Å². The van der Waals surface area contributed by atoms with Crippen LogP contribution in [0.4, 0.5) is 13.9 Å². The number of hydrogen-bond donors (Lipinski definition) is 1. The number of aliphatic hydroxyl groups is 1. The molecule has 1 saturated heterocycles. The molecule has 0 radical (unpaired) electrons. The van der Waals surface area contributed by atoms with Crippen LogP contribution in [0, 0.1) is 24.5 Å². The van der Waals surface area contributed by atoms with Gasteiger partial charge in [0.1, 0.15) is 16.6 Å². The Morgan fingerprint density at radius 2 is 2.00 bits per heavy atom. The van der Waals surface area contributed by atoms with E-state index < -0.39 is 17.7 Å². The zero-order chi connectivity index (χ0) is 15.7. The number of rotatable bonds is 3. The summed E-state index contributed by atoms with van der Waals surface area (Å²) in [5.74, 6) is -1.17. The first-order valence-corrected chi connectivity index (χ1v) is 8.04. The van der Waals surface area contributed by atoms with Gasteiger partial charge in [-0.1, -0.05) is 11.3 Å². The van der Waals surface area contributed by atoms with Gasteiger partial charge >= 0.3 is 0 Å². The van der Waals surface area contributed by atoms with Crippen molar-refractivity contribution in [3.05, 3.63) is 40.4 Å². The molecule has 0 saturated carbocycles. The average Bonchev–Trinajstić information content (AvgIpc) is 2.96. The number of aliphatic hydroxyl groups excluding tert-OH is 1. The third-order valence-corrected chi connectivity index (χ3v) is 4.95. The molecule has 1 atom stereocenters. The minimum Gasteiger partial charge on any atom is -0.388 e. The van der Waals surface area contributed by atoms with E-state index in [9.17, 15) is 13.9 Å². The van der Waals surface area contributed by atoms with Gasteiger partial charge in [0, 0.05) is 18.7 Å². The maximum Gasteiger partial charge on any atom is 0.208 e. The normalized spacial score (nSPS) is 17.7. The monoisotopic (exact) mass is 325 g/mol. The maximum absolute atomic E-state index is 13.8. The topological polar surface area (TPSA) is 49.2 Å². The molecule has 2 heterocycles. The summed E-state index contributed by atoms with van der Waals surface area (Å²) in [7, 11) is 0. The fourth-order valence-corrected chi connectivity index (χ4v) is 3.55. The van der Waals surface area contributed by atoms with Crippen LogP contribution < -0.4 is 4.90 Å². The summed E-state index contributed by atoms with van der Waals surface area (Å²) in [6.45, 7) is 3.37. The van der Waals surface area contributed by atoms with E-state index in [2.05, 4.69) is 15.1 Å². The average molecular weight is 325 g/mol. The van der Waals surface area contributed by atoms with Crippen molar-refractivity contribution < 1.29 is 13.9 Å². The molecule has 0 aliphatic carbocycles. The fourth-order valence-electron chi connectivity index (χ4n) is 2.82. The molecule has 1 N–H and O–H groups in total. The molecule has 118 valence electrons. The fraction of sp³-hybridized carbons (Fsp3) is 0.467. The number of aromatic nitrogens is 2. The SMILES string of the molecule is Cc1nnc(N2CCC(C(O)c3cc(F)ccc3F)CC2)s1. The Hall–Kier alpha value is -1.60. The summed E-state index contributed by atoms with van der Waals surface area (Å²) < 4.78 is 27.0. The molecule has 1 aliphatic rings. The quantitative estimate of drug-likeness (QED) is 0.942. The molecule has 0 spiro atoms. The maximum atomic E-state index is 13.8. The van der Waals surface area contributed by atoms with Gasteiger partial charge in [-0.25, -0.2) is 8.78 Å². The summed E-state index contributed by atoms with van der Waals surface area (Å²) in [5, 5.41) is 20.3. The standard InChI is InChI=1S/C15H17F2N3OS/c1-9-18-19-15(22-9)20-6-4-10(5-7-20)14(21)12-8-11(16)2-3-13(12)17/h2-3,8,10,14,21H,4-7H2,1H3. The third kappa shape index (κ3) is 3.10. The number of halogens is 2. The van der Waals surface area contributed by atoms with Gasteiger partial charge in [-0.2, -0.15) is 0 Å². The minimum atomic E-state index is -0.978. The van der Waals surface area contributed by atoms with E-state index in [1.165, 1.54) is 11.3 Å². The van der Waals surface area contributed by atoms with E-state index in [1.807, 2.05) is 6.92 Å². The zero-order valence-electron chi connectivity index (χ0n) is 12.2. The Morgan fingerprint density at radius 1 is 1.27 bits per heavy atom. The zero-order valence-corrected chi connectivity index (χ0v) is 13.0. The van der Waals surface area contributed by atoms with Gasteiger partial charge < -0.3 is 10.0 Å². The Balaban J connectivity index is 1.67. The van der Waals surface area contributed by atoms with Crippen LogP contribution in [0.2, 0.25) is 0 Å². The van der Waals surface area contributed by atoms with Crippen LogP contribution in [0.25, 0.3) is 0 Å². The predicted molar refractivity (Wildman–Crippen MR) is 80.9 cm³/mol. The smallest absolute Gasteiger partial charge is 0.208 e. The summed E-state index contributed by atoms with van der Waals surface area (Å²) in [6.07, 6.45) is 0.430. The first kappa shape index (κ1) is 15.3. The molecule has 4 nitrogen and oxygen atoms in total. The van der Waals surface area contributed by atoms with E-state index in [4.69, 9.17) is 0 Å². The molecule has 0 bridgehead atoms. The molecule has 3 rings (SSSR count). The summed E-state index contributed by atoms with van der Waals surface area (Å²) in [6, 6.07) is 3.21. The molecule has 1 unspecified atom stereocenters. The van der Waals surface area contributed by atoms with Crippen molar-refractivity contribution in [1.29, 1.82) is 0 Å². The second-order valence-corrected chi connectivity index (χ2v) is 6.70. The van der Waals surface area contributed by atoms with Gasteiger partial charge in [-0.05, 0) is 43.9 Å². The van der Waals surface area contributed by atoms with E-state index in [-0.39, 0.29) is 11.5 Å². The molecule has 1 aliphatic heterocycles. The number of piperidine rings is 1. The van der Waals surface area contributed by atoms with Crippen molar-refractivity contribution in [3.8, 4) is 0 Å². The Bertz CT molecular complexity index is 656. The number of aryl methyl sites for hydroxylation is 1. The molecular weight excluding hydrogens is 308 g/mol. The van der Waals surface area contributed by atoms with Crippen LogP contribution >= 0.6 is 11.3 Å². The molecule has 7 heteroatoms. The van der Waals surface area contributed by atoms with Crippen LogP contribution in [0.15, 0.2) is 18.2 Å². The van der Waals surface area contributed by atoms with E-state index >= 15 is 0 Å². The predicted octanol–water partition coefficient (Wildman–Crippen LogP) is 3.07. The lowest BCUT2D eigenvalue weighted by Gasteiger charge is -2.34. The lowest BCUT2D eigenvalue weighted by molar-refractivity contribution is 0.0892. The first-order chi connectivity index (χ1) is 10.5. The van der Waals surface area contributed by atoms with Gasteiger partial charge in [0.2, 0.25) is 5.13 Å². The Morgan fingerprint density at radius 3 is 2.64 bits per heavy atom. The number of anilines is 1. The van der Waals surface area contributed by atoms with E-state index in [0.717, 1.165) is 41.4 Å². The molecule has 0 amide bonds. The van der Waals surface area contributed by atoms with Crippen molar-refractivity contribution in [2.45, 2.75) is 25.9 Å². The molecule has 1 fully saturated rings. The van der Waals surface area contributed by atoms with Crippen LogP contribution in [0.5, 0.6) is 0 Å². The number of benzene rings is 1. The molecule has 2 aromatic rings. The van der Waals surface area contributed by atoms with Crippen LogP contribution in [-0.2, 0) is 0 Å². The first-order valence-electron chi connectivity index (χ1n) is 7.22. The molecular formula is C15H17F2N3OS. The highest BCUT2D eigenvalue weighted by atomic mass is 32.1. The highest BCUT2D eigenvalue weighted by Gasteiger charge is 2.29. The van der Waals surface area contributed by atoms with Crippen molar-refractivity contribution >= 4 is 16.5 Å². The van der Waals surface area contributed by atoms with Crippen LogP contribution in [0.3, 0.4) is 0 Å². The van der Waals surface area contributed by atoms with Crippen LogP contribution in [0.1, 0.15) is 29.5 Å². The largest absolute Gasteiger partial charge is 0.388 e. The minimum absolute atomic E-state index is 0.0465. The van der Waals surface area contributed by atoms with Crippen molar-refractivity contribution in [2.24, 2.45) is 5.92 Å². The Labute approximate surface area is 131 Å². The molecule has 1 aromatic carbocycles. The summed E-state index contributed by atoms with van der Waals surface area (Å²) >= 11 is 1.54. The van der Waals surface area contributed by atoms with Gasteiger partial charge in [0.15, 0.2) is 0 Å². The summed E-state index contributed by atoms with van der Waals surface area (Å²) in [4.78, 5) is 2.12. The van der Waals surface area contributed by atoms with Crippen LogP contribution in [-0.4, -0.2) is 28.4 Å². The lowest BCUT2D eigenvalue weighted by atomic mass is 9.87. The third-order valence-electron chi connectivity index (χ3n) is 4.05. The number of nitrogens with zero attached hydrogens (tertiary/aromatic N) is 3. The van der Waals surface area contributed by atoms with Gasteiger partial charge in [0.25, 0.3) is 0 Å². The van der Waals surface area contributed by atoms with Crippen molar-refractivity contribution in [1.82, 2.24) is 10.2 Å². The van der Waals surface area contributed by atoms with E-state index in [0.29, 0.717) is 12.8 Å². The van der Waals surface area contributed by atoms with Gasteiger partial charge in [-0.15, -0.1) is 10.2 Å².